The van der Waals surface area contributed by atoms with Gasteiger partial charge in [-0.3, -0.25) is 9.12 Å². The Hall–Kier alpha value is -1.55. The summed E-state index contributed by atoms with van der Waals surface area (Å²) in [5, 5.41) is 0.629. The van der Waals surface area contributed by atoms with E-state index in [2.05, 4.69) is 0 Å². The van der Waals surface area contributed by atoms with Crippen LogP contribution in [0.15, 0.2) is 59.5 Å². The predicted octanol–water partition coefficient (Wildman–Crippen LogP) is 1.71. The third-order valence-corrected chi connectivity index (χ3v) is 5.01. The first-order chi connectivity index (χ1) is 8.50. The molecule has 1 unspecified atom stereocenters. The Kier molecular flexibility index (Phi) is 3.57. The third-order valence-electron chi connectivity index (χ3n) is 2.35. The van der Waals surface area contributed by atoms with Crippen LogP contribution in [0.4, 0.5) is 0 Å². The largest absolute Gasteiger partial charge is 0.295 e. The normalized spacial score (nSPS) is 12.2. The Morgan fingerprint density at radius 1 is 0.889 bits per heavy atom. The summed E-state index contributed by atoms with van der Waals surface area (Å²) in [5.41, 5.74) is 0. The van der Waals surface area contributed by atoms with Gasteiger partial charge in [-0.1, -0.05) is 30.3 Å². The topological polar surface area (TPSA) is 71.4 Å². The third kappa shape index (κ3) is 2.64. The highest BCUT2D eigenvalue weighted by Crippen LogP contribution is 2.23. The van der Waals surface area contributed by atoms with Gasteiger partial charge in [0.25, 0.3) is 10.1 Å². The van der Waals surface area contributed by atoms with Gasteiger partial charge >= 0.3 is 0 Å². The monoisotopic (exact) mass is 281 g/mol. The Balaban J connectivity index is 2.57. The molecule has 0 bridgehead atoms. The van der Waals surface area contributed by atoms with Gasteiger partial charge < -0.3 is 0 Å². The van der Waals surface area contributed by atoms with Crippen LogP contribution in [-0.4, -0.2) is 13.0 Å². The summed E-state index contributed by atoms with van der Waals surface area (Å²) < 4.78 is 43.8. The van der Waals surface area contributed by atoms with Crippen LogP contribution >= 0.6 is 7.80 Å². The van der Waals surface area contributed by atoms with Crippen LogP contribution in [0.25, 0.3) is 0 Å². The van der Waals surface area contributed by atoms with E-state index in [1.807, 2.05) is 0 Å². The highest BCUT2D eigenvalue weighted by Gasteiger charge is 2.20. The lowest BCUT2D eigenvalue weighted by Crippen LogP contribution is -2.15. The Morgan fingerprint density at radius 3 is 2.06 bits per heavy atom. The molecule has 1 N–H and O–H groups in total. The van der Waals surface area contributed by atoms with Crippen molar-refractivity contribution in [2.24, 2.45) is 0 Å². The molecule has 1 atom stereocenters. The molecule has 2 rings (SSSR count). The maximum atomic E-state index is 12.3. The molecule has 6 heteroatoms. The van der Waals surface area contributed by atoms with Crippen molar-refractivity contribution in [3.05, 3.63) is 54.6 Å². The molecule has 0 saturated heterocycles. The lowest BCUT2D eigenvalue weighted by atomic mass is 10.4. The summed E-state index contributed by atoms with van der Waals surface area (Å²) in [6.07, 6.45) is 0. The van der Waals surface area contributed by atoms with Gasteiger partial charge in [-0.2, -0.15) is 8.42 Å². The van der Waals surface area contributed by atoms with Crippen molar-refractivity contribution < 1.29 is 17.5 Å². The molecular formula is C12H10O4PS. The Bertz CT molecular complexity index is 680. The van der Waals surface area contributed by atoms with E-state index in [9.17, 15) is 13.0 Å². The van der Waals surface area contributed by atoms with E-state index < -0.39 is 17.9 Å². The molecule has 0 saturated carbocycles. The van der Waals surface area contributed by atoms with Crippen molar-refractivity contribution >= 4 is 28.5 Å². The van der Waals surface area contributed by atoms with Gasteiger partial charge in [-0.25, -0.2) is 0 Å². The van der Waals surface area contributed by atoms with Gasteiger partial charge in [0.05, 0.1) is 5.30 Å². The molecule has 0 fully saturated rings. The summed E-state index contributed by atoms with van der Waals surface area (Å²) in [7, 11) is -6.42. The van der Waals surface area contributed by atoms with E-state index in [1.54, 1.807) is 36.4 Å². The lowest BCUT2D eigenvalue weighted by molar-refractivity contribution is 0.483. The second-order valence-corrected chi connectivity index (χ2v) is 6.55. The smallest absolute Gasteiger partial charge is 0.282 e. The van der Waals surface area contributed by atoms with Gasteiger partial charge in [-0.15, -0.1) is 0 Å². The zero-order valence-electron chi connectivity index (χ0n) is 9.22. The van der Waals surface area contributed by atoms with E-state index in [4.69, 9.17) is 4.55 Å². The summed E-state index contributed by atoms with van der Waals surface area (Å²) in [6.45, 7) is 0. The van der Waals surface area contributed by atoms with E-state index in [-0.39, 0.29) is 10.2 Å². The molecule has 0 aliphatic rings. The quantitative estimate of drug-likeness (QED) is 0.686. The molecule has 2 aromatic rings. The fourth-order valence-corrected chi connectivity index (χ4v) is 3.94. The van der Waals surface area contributed by atoms with E-state index in [0.29, 0.717) is 5.30 Å². The predicted molar refractivity (Wildman–Crippen MR) is 69.6 cm³/mol. The Labute approximate surface area is 106 Å². The van der Waals surface area contributed by atoms with Crippen molar-refractivity contribution in [2.75, 3.05) is 0 Å². The SMILES string of the molecule is O=[P](c1ccccc1)c1ccccc1S(=O)(=O)O. The van der Waals surface area contributed by atoms with E-state index in [0.717, 1.165) is 0 Å². The lowest BCUT2D eigenvalue weighted by Gasteiger charge is -2.06. The maximum Gasteiger partial charge on any atom is 0.295 e. The fraction of sp³-hybridized carbons (Fsp3) is 0. The van der Waals surface area contributed by atoms with Crippen LogP contribution in [0, 0.1) is 0 Å². The first-order valence-electron chi connectivity index (χ1n) is 5.09. The molecule has 18 heavy (non-hydrogen) atoms. The van der Waals surface area contributed by atoms with Crippen LogP contribution < -0.4 is 10.6 Å². The van der Waals surface area contributed by atoms with Gasteiger partial charge in [0.1, 0.15) is 12.7 Å². The molecule has 0 amide bonds. The molecule has 0 aromatic heterocycles. The number of benzene rings is 2. The van der Waals surface area contributed by atoms with Crippen LogP contribution in [-0.2, 0) is 14.7 Å². The summed E-state index contributed by atoms with van der Waals surface area (Å²) in [6, 6.07) is 14.3. The van der Waals surface area contributed by atoms with Crippen molar-refractivity contribution in [3.63, 3.8) is 0 Å². The number of hydrogen-bond donors (Lipinski definition) is 1. The van der Waals surface area contributed by atoms with E-state index >= 15 is 0 Å². The van der Waals surface area contributed by atoms with Gasteiger partial charge in [0, 0.05) is 5.30 Å². The van der Waals surface area contributed by atoms with Gasteiger partial charge in [0.2, 0.25) is 0 Å². The highest BCUT2D eigenvalue weighted by atomic mass is 32.2. The summed E-state index contributed by atoms with van der Waals surface area (Å²) in [4.78, 5) is -0.310. The first kappa shape index (κ1) is 12.9. The highest BCUT2D eigenvalue weighted by molar-refractivity contribution is 7.86. The average molecular weight is 281 g/mol. The number of rotatable bonds is 3. The zero-order chi connectivity index (χ0) is 13.2. The molecule has 0 aliphatic carbocycles. The molecule has 0 aliphatic heterocycles. The second-order valence-electron chi connectivity index (χ2n) is 3.57. The van der Waals surface area contributed by atoms with Crippen LogP contribution in [0.2, 0.25) is 0 Å². The first-order valence-corrected chi connectivity index (χ1v) is 7.79. The molecule has 0 heterocycles. The standard InChI is InChI=1S/C12H10O4PS/c13-17(10-6-2-1-3-7-10)11-8-4-5-9-12(11)18(14,15)16/h1-9H,(H,14,15,16). The minimum atomic E-state index is -4.37. The summed E-state index contributed by atoms with van der Waals surface area (Å²) in [5.74, 6) is 0. The van der Waals surface area contributed by atoms with E-state index in [1.165, 1.54) is 18.2 Å². The fourth-order valence-electron chi connectivity index (χ4n) is 1.55. The van der Waals surface area contributed by atoms with Crippen LogP contribution in [0.1, 0.15) is 0 Å². The maximum absolute atomic E-state index is 12.3. The minimum Gasteiger partial charge on any atom is -0.282 e. The van der Waals surface area contributed by atoms with Crippen molar-refractivity contribution in [1.29, 1.82) is 0 Å². The van der Waals surface area contributed by atoms with Crippen molar-refractivity contribution in [1.82, 2.24) is 0 Å². The molecule has 4 nitrogen and oxygen atoms in total. The molecule has 93 valence electrons. The summed E-state index contributed by atoms with van der Waals surface area (Å²) >= 11 is 0. The molecule has 0 spiro atoms. The van der Waals surface area contributed by atoms with Gasteiger partial charge in [-0.05, 0) is 24.3 Å². The number of hydrogen-bond acceptors (Lipinski definition) is 3. The zero-order valence-corrected chi connectivity index (χ0v) is 10.9. The molecule has 1 radical (unpaired) electrons. The minimum absolute atomic E-state index is 0.112. The van der Waals surface area contributed by atoms with Crippen LogP contribution in [0.3, 0.4) is 0 Å². The second kappa shape index (κ2) is 4.98. The van der Waals surface area contributed by atoms with Crippen LogP contribution in [0.5, 0.6) is 0 Å². The van der Waals surface area contributed by atoms with Gasteiger partial charge in [0.15, 0.2) is 0 Å². The molecular weight excluding hydrogens is 271 g/mol. The average Bonchev–Trinajstić information content (AvgIpc) is 2.38. The Morgan fingerprint density at radius 2 is 1.44 bits per heavy atom. The molecule has 2 aromatic carbocycles. The van der Waals surface area contributed by atoms with Crippen molar-refractivity contribution in [2.45, 2.75) is 4.90 Å². The van der Waals surface area contributed by atoms with Crippen molar-refractivity contribution in [3.8, 4) is 0 Å².